The van der Waals surface area contributed by atoms with Crippen molar-refractivity contribution in [2.24, 2.45) is 0 Å². The first-order valence-electron chi connectivity index (χ1n) is 24.9. The van der Waals surface area contributed by atoms with Crippen LogP contribution in [0.1, 0.15) is 142 Å². The summed E-state index contributed by atoms with van der Waals surface area (Å²) in [4.78, 5) is 54.4. The monoisotopic (exact) mass is 1030 g/mol. The minimum Gasteiger partial charge on any atom is -0.462 e. The molecular weight excluding hydrogens is 946 g/mol. The van der Waals surface area contributed by atoms with E-state index >= 15 is 0 Å². The van der Waals surface area contributed by atoms with E-state index < -0.39 is 83.5 Å². The lowest BCUT2D eigenvalue weighted by Gasteiger charge is -2.43. The summed E-state index contributed by atoms with van der Waals surface area (Å²) >= 11 is 0. The molecule has 398 valence electrons. The molecule has 2 rings (SSSR count). The average Bonchev–Trinajstić information content (AvgIpc) is 4.07. The molecular formula is C51H82O17P2. The van der Waals surface area contributed by atoms with Crippen LogP contribution in [0.15, 0.2) is 97.2 Å². The molecule has 19 heteroatoms. The van der Waals surface area contributed by atoms with Crippen LogP contribution in [0.5, 0.6) is 0 Å². The van der Waals surface area contributed by atoms with Crippen molar-refractivity contribution in [2.75, 3.05) is 13.2 Å². The molecule has 10 atom stereocenters. The molecule has 7 N–H and O–H groups in total. The second kappa shape index (κ2) is 37.6. The predicted octanol–water partition coefficient (Wildman–Crippen LogP) is 8.94. The van der Waals surface area contributed by atoms with Gasteiger partial charge in [0.25, 0.3) is 0 Å². The van der Waals surface area contributed by atoms with Crippen LogP contribution in [-0.4, -0.2) is 115 Å². The summed E-state index contributed by atoms with van der Waals surface area (Å²) in [6, 6.07) is 0. The number of ether oxygens (including phenoxy) is 3. The third-order valence-corrected chi connectivity index (χ3v) is 12.6. The van der Waals surface area contributed by atoms with Gasteiger partial charge in [0.05, 0.1) is 18.8 Å². The topological polar surface area (TPSA) is 269 Å². The fraction of sp³-hybridized carbons (Fsp3) is 0.647. The second-order valence-corrected chi connectivity index (χ2v) is 19.8. The molecule has 2 aliphatic rings. The van der Waals surface area contributed by atoms with Crippen molar-refractivity contribution in [3.63, 3.8) is 0 Å². The number of hydrogen-bond acceptors (Lipinski definition) is 14. The van der Waals surface area contributed by atoms with Crippen LogP contribution in [0.2, 0.25) is 0 Å². The molecule has 7 unspecified atom stereocenters. The molecule has 0 aromatic carbocycles. The van der Waals surface area contributed by atoms with Gasteiger partial charge in [-0.3, -0.25) is 23.2 Å². The van der Waals surface area contributed by atoms with Gasteiger partial charge in [-0.1, -0.05) is 137 Å². The zero-order valence-electron chi connectivity index (χ0n) is 41.1. The summed E-state index contributed by atoms with van der Waals surface area (Å²) in [6.07, 6.45) is 35.4. The molecule has 1 aliphatic carbocycles. The Morgan fingerprint density at radius 3 is 1.61 bits per heavy atom. The summed E-state index contributed by atoms with van der Waals surface area (Å²) in [7, 11) is -10.7. The van der Waals surface area contributed by atoms with E-state index in [4.69, 9.17) is 23.3 Å². The number of aliphatic hydroxyl groups is 4. The van der Waals surface area contributed by atoms with E-state index in [1.165, 1.54) is 19.3 Å². The zero-order valence-corrected chi connectivity index (χ0v) is 42.9. The van der Waals surface area contributed by atoms with E-state index in [0.29, 0.717) is 37.9 Å². The van der Waals surface area contributed by atoms with E-state index in [1.54, 1.807) is 0 Å². The maximum absolute atomic E-state index is 13.0. The van der Waals surface area contributed by atoms with Crippen molar-refractivity contribution in [2.45, 2.75) is 197 Å². The number of unbranched alkanes of at least 4 members (excludes halogenated alkanes) is 6. The Kier molecular flexibility index (Phi) is 33.8. The Morgan fingerprint density at radius 2 is 1.06 bits per heavy atom. The maximum atomic E-state index is 13.0. The number of phosphoric ester groups is 2. The first-order valence-corrected chi connectivity index (χ1v) is 27.9. The van der Waals surface area contributed by atoms with Gasteiger partial charge in [-0.25, -0.2) is 9.13 Å². The summed E-state index contributed by atoms with van der Waals surface area (Å²) < 4.78 is 55.1. The summed E-state index contributed by atoms with van der Waals surface area (Å²) in [5, 5.41) is 41.3. The Balaban J connectivity index is 1.81. The summed E-state index contributed by atoms with van der Waals surface area (Å²) in [5.41, 5.74) is 0. The van der Waals surface area contributed by atoms with Crippen LogP contribution in [0.25, 0.3) is 0 Å². The third kappa shape index (κ3) is 30.7. The van der Waals surface area contributed by atoms with Gasteiger partial charge in [-0.2, -0.15) is 0 Å². The number of carbonyl (C=O) groups excluding carboxylic acids is 2. The van der Waals surface area contributed by atoms with Crippen molar-refractivity contribution in [3.05, 3.63) is 97.2 Å². The molecule has 0 amide bonds. The molecule has 1 heterocycles. The Bertz CT molecular complexity index is 1790. The number of phosphoric acid groups is 2. The van der Waals surface area contributed by atoms with Gasteiger partial charge in [-0.05, 0) is 89.9 Å². The first-order chi connectivity index (χ1) is 33.6. The Labute approximate surface area is 415 Å². The maximum Gasteiger partial charge on any atom is 0.472 e. The number of hydrogen-bond donors (Lipinski definition) is 7. The fourth-order valence-electron chi connectivity index (χ4n) is 7.14. The minimum atomic E-state index is -5.38. The van der Waals surface area contributed by atoms with E-state index in [9.17, 15) is 53.8 Å². The second-order valence-electron chi connectivity index (χ2n) is 17.2. The quantitative estimate of drug-likeness (QED) is 0.00995. The highest BCUT2D eigenvalue weighted by molar-refractivity contribution is 7.47. The van der Waals surface area contributed by atoms with Crippen LogP contribution in [0.3, 0.4) is 0 Å². The zero-order chi connectivity index (χ0) is 51.5. The summed E-state index contributed by atoms with van der Waals surface area (Å²) in [5.74, 6) is -1.32. The van der Waals surface area contributed by atoms with Gasteiger partial charge < -0.3 is 49.3 Å². The van der Waals surface area contributed by atoms with Crippen molar-refractivity contribution in [1.29, 1.82) is 0 Å². The van der Waals surface area contributed by atoms with Crippen LogP contribution >= 0.6 is 15.6 Å². The van der Waals surface area contributed by atoms with Crippen molar-refractivity contribution >= 4 is 27.6 Å². The van der Waals surface area contributed by atoms with E-state index in [1.807, 2.05) is 12.2 Å². The van der Waals surface area contributed by atoms with Crippen molar-refractivity contribution in [3.8, 4) is 0 Å². The molecule has 2 fully saturated rings. The molecule has 1 aliphatic heterocycles. The highest BCUT2D eigenvalue weighted by Crippen LogP contribution is 2.49. The molecule has 17 nitrogen and oxygen atoms in total. The number of aliphatic hydroxyl groups excluding tert-OH is 4. The normalized spacial score (nSPS) is 24.7. The molecule has 1 saturated carbocycles. The van der Waals surface area contributed by atoms with Crippen LogP contribution in [0, 0.1) is 0 Å². The fourth-order valence-corrected chi connectivity index (χ4v) is 8.68. The molecule has 70 heavy (non-hydrogen) atoms. The minimum absolute atomic E-state index is 0.0151. The van der Waals surface area contributed by atoms with E-state index in [0.717, 1.165) is 70.6 Å². The van der Waals surface area contributed by atoms with Crippen LogP contribution in [-0.2, 0) is 46.5 Å². The van der Waals surface area contributed by atoms with Gasteiger partial charge in [0.2, 0.25) is 0 Å². The predicted molar refractivity (Wildman–Crippen MR) is 268 cm³/mol. The van der Waals surface area contributed by atoms with Gasteiger partial charge in [0, 0.05) is 12.8 Å². The first kappa shape index (κ1) is 63.0. The van der Waals surface area contributed by atoms with Gasteiger partial charge in [-0.15, -0.1) is 0 Å². The number of epoxide rings is 1. The number of allylic oxidation sites excluding steroid dienone is 15. The van der Waals surface area contributed by atoms with E-state index in [-0.39, 0.29) is 12.8 Å². The number of carbonyl (C=O) groups is 2. The highest BCUT2D eigenvalue weighted by atomic mass is 31.2. The number of esters is 2. The number of rotatable bonds is 39. The summed E-state index contributed by atoms with van der Waals surface area (Å²) in [6.45, 7) is 2.88. The van der Waals surface area contributed by atoms with Crippen LogP contribution in [0.4, 0.5) is 0 Å². The largest absolute Gasteiger partial charge is 0.472 e. The highest BCUT2D eigenvalue weighted by Gasteiger charge is 2.54. The Hall–Kier alpha value is -3.12. The third-order valence-electron chi connectivity index (χ3n) is 11.1. The molecule has 0 bridgehead atoms. The SMILES string of the molecule is CC/C=C\C/C=C\C/C=C\C/C=C\C/C=C\CCCCCC(=O)O[C@H](COC(=O)CCC/C=C\C/C=C\C/C=C\CC1OC1CCCCC)COP(=O)(O)O[C@H]1C(O)C(O)C(O)[C@@H](OP(=O)(O)O)C1O. The molecule has 0 spiro atoms. The van der Waals surface area contributed by atoms with Gasteiger partial charge in [0.15, 0.2) is 6.10 Å². The van der Waals surface area contributed by atoms with Gasteiger partial charge >= 0.3 is 27.6 Å². The molecule has 0 aromatic heterocycles. The van der Waals surface area contributed by atoms with Crippen molar-refractivity contribution in [1.82, 2.24) is 0 Å². The molecule has 1 saturated heterocycles. The lowest BCUT2D eigenvalue weighted by molar-refractivity contribution is -0.216. The van der Waals surface area contributed by atoms with Crippen LogP contribution < -0.4 is 0 Å². The van der Waals surface area contributed by atoms with E-state index in [2.05, 4.69) is 103 Å². The average molecular weight is 1030 g/mol. The van der Waals surface area contributed by atoms with Crippen molar-refractivity contribution < 1.29 is 81.6 Å². The molecule has 0 aromatic rings. The smallest absolute Gasteiger partial charge is 0.462 e. The lowest BCUT2D eigenvalue weighted by atomic mass is 9.85. The lowest BCUT2D eigenvalue weighted by Crippen LogP contribution is -2.64. The Morgan fingerprint density at radius 1 is 0.543 bits per heavy atom. The van der Waals surface area contributed by atoms with Gasteiger partial charge in [0.1, 0.15) is 43.2 Å². The standard InChI is InChI=1S/C51H82O17P2/c1-3-5-7-8-9-10-11-12-13-14-15-16-17-18-19-24-27-30-34-38-45(53)65-41(40-64-70(61,62)68-51-48(56)46(54)47(55)50(49(51)57)67-69(58,59)60)39-63-44(52)37-33-29-26-23-21-20-22-25-28-32-36-43-42(66-43)35-31-6-4-2/h5,7,9-10,12-13,15-16,18-20,22-23,26,28,32,41-43,46-51,54-57H,3-4,6,8,11,14,17,21,24-25,27,29-31,33-40H2,1-2H3,(H,61,62)(H2,58,59,60)/b7-5-,10-9-,13-12-,16-15-,19-18-,22-20-,26-23-,32-28-/t41-,42?,43?,46?,47?,48?,49?,50-,51+/m1/s1. The molecule has 0 radical (unpaired) electrons.